The molecule has 0 amide bonds. The van der Waals surface area contributed by atoms with Crippen LogP contribution in [0.2, 0.25) is 0 Å². The van der Waals surface area contributed by atoms with Crippen molar-refractivity contribution in [2.75, 3.05) is 7.05 Å². The van der Waals surface area contributed by atoms with Crippen LogP contribution in [0.25, 0.3) is 0 Å². The van der Waals surface area contributed by atoms with Crippen LogP contribution in [0.5, 0.6) is 0 Å². The summed E-state index contributed by atoms with van der Waals surface area (Å²) >= 11 is 0. The van der Waals surface area contributed by atoms with E-state index in [1.54, 1.807) is 43.6 Å². The Bertz CT molecular complexity index is 715. The molecule has 21 heavy (non-hydrogen) atoms. The topological polar surface area (TPSA) is 70.5 Å². The molecule has 0 atom stereocenters. The number of aliphatic hydroxyl groups is 1. The second-order valence-corrected chi connectivity index (χ2v) is 6.83. The minimum absolute atomic E-state index is 0.179. The number of sulfonamides is 1. The van der Waals surface area contributed by atoms with Gasteiger partial charge in [-0.15, -0.1) is 0 Å². The second-order valence-electron chi connectivity index (χ2n) is 4.82. The van der Waals surface area contributed by atoms with E-state index in [0.717, 1.165) is 5.56 Å². The molecule has 0 aliphatic rings. The molecule has 6 heteroatoms. The van der Waals surface area contributed by atoms with Crippen molar-refractivity contribution in [3.63, 3.8) is 0 Å². The Morgan fingerprint density at radius 2 is 2.00 bits per heavy atom. The summed E-state index contributed by atoms with van der Waals surface area (Å²) in [6.45, 7) is 1.77. The van der Waals surface area contributed by atoms with Gasteiger partial charge in [0.15, 0.2) is 0 Å². The highest BCUT2D eigenvalue weighted by Crippen LogP contribution is 2.23. The largest absolute Gasteiger partial charge is 0.392 e. The molecule has 1 N–H and O–H groups in total. The van der Waals surface area contributed by atoms with E-state index in [0.29, 0.717) is 11.1 Å². The van der Waals surface area contributed by atoms with E-state index in [-0.39, 0.29) is 18.0 Å². The van der Waals surface area contributed by atoms with Gasteiger partial charge in [0.2, 0.25) is 10.0 Å². The smallest absolute Gasteiger partial charge is 0.243 e. The molecule has 0 unspecified atom stereocenters. The molecule has 5 nitrogen and oxygen atoms in total. The lowest BCUT2D eigenvalue weighted by Crippen LogP contribution is -2.27. The Morgan fingerprint density at radius 3 is 2.62 bits per heavy atom. The highest BCUT2D eigenvalue weighted by Gasteiger charge is 2.23. The third-order valence-corrected chi connectivity index (χ3v) is 5.33. The van der Waals surface area contributed by atoms with Gasteiger partial charge in [0, 0.05) is 26.0 Å². The molecule has 0 fully saturated rings. The van der Waals surface area contributed by atoms with Gasteiger partial charge in [-0.05, 0) is 35.7 Å². The number of aromatic nitrogens is 1. The molecule has 0 saturated heterocycles. The summed E-state index contributed by atoms with van der Waals surface area (Å²) in [5.74, 6) is 0. The Kier molecular flexibility index (Phi) is 4.72. The maximum absolute atomic E-state index is 12.6. The average molecular weight is 306 g/mol. The predicted octanol–water partition coefficient (Wildman–Crippen LogP) is 1.70. The summed E-state index contributed by atoms with van der Waals surface area (Å²) in [6, 6.07) is 8.52. The fraction of sp³-hybridized carbons (Fsp3) is 0.267. The first kappa shape index (κ1) is 15.6. The Labute approximate surface area is 124 Å². The number of rotatable bonds is 5. The number of pyridine rings is 1. The van der Waals surface area contributed by atoms with E-state index in [1.165, 1.54) is 11.4 Å². The van der Waals surface area contributed by atoms with Crippen LogP contribution in [0.15, 0.2) is 47.6 Å². The first-order chi connectivity index (χ1) is 9.96. The van der Waals surface area contributed by atoms with Gasteiger partial charge in [-0.1, -0.05) is 18.2 Å². The molecule has 1 aromatic heterocycles. The van der Waals surface area contributed by atoms with Crippen molar-refractivity contribution in [1.82, 2.24) is 9.29 Å². The van der Waals surface area contributed by atoms with Gasteiger partial charge in [0.1, 0.15) is 0 Å². The summed E-state index contributed by atoms with van der Waals surface area (Å²) in [5, 5.41) is 9.27. The van der Waals surface area contributed by atoms with Crippen LogP contribution < -0.4 is 0 Å². The van der Waals surface area contributed by atoms with Gasteiger partial charge in [0.05, 0.1) is 11.5 Å². The molecule has 1 heterocycles. The van der Waals surface area contributed by atoms with E-state index in [2.05, 4.69) is 4.98 Å². The van der Waals surface area contributed by atoms with Crippen LogP contribution in [-0.2, 0) is 23.2 Å². The molecule has 0 radical (unpaired) electrons. The van der Waals surface area contributed by atoms with Gasteiger partial charge in [-0.25, -0.2) is 8.42 Å². The first-order valence-corrected chi connectivity index (χ1v) is 7.95. The van der Waals surface area contributed by atoms with Gasteiger partial charge < -0.3 is 5.11 Å². The molecule has 0 saturated carbocycles. The van der Waals surface area contributed by atoms with Gasteiger partial charge in [-0.3, -0.25) is 4.98 Å². The number of aliphatic hydroxyl groups excluding tert-OH is 1. The lowest BCUT2D eigenvalue weighted by Gasteiger charge is -2.19. The van der Waals surface area contributed by atoms with E-state index >= 15 is 0 Å². The zero-order valence-corrected chi connectivity index (χ0v) is 12.8. The molecule has 1 aromatic carbocycles. The molecule has 0 spiro atoms. The Hall–Kier alpha value is -1.76. The average Bonchev–Trinajstić information content (AvgIpc) is 2.48. The maximum atomic E-state index is 12.6. The van der Waals surface area contributed by atoms with Crippen molar-refractivity contribution in [2.45, 2.75) is 25.0 Å². The van der Waals surface area contributed by atoms with Crippen LogP contribution >= 0.6 is 0 Å². The fourth-order valence-corrected chi connectivity index (χ4v) is 3.54. The quantitative estimate of drug-likeness (QED) is 0.913. The minimum Gasteiger partial charge on any atom is -0.392 e. The van der Waals surface area contributed by atoms with Crippen molar-refractivity contribution in [2.24, 2.45) is 0 Å². The van der Waals surface area contributed by atoms with E-state index in [9.17, 15) is 13.5 Å². The normalized spacial score (nSPS) is 11.8. The summed E-state index contributed by atoms with van der Waals surface area (Å²) in [4.78, 5) is 4.21. The molecular weight excluding hydrogens is 288 g/mol. The summed E-state index contributed by atoms with van der Waals surface area (Å²) < 4.78 is 26.6. The molecule has 2 rings (SSSR count). The number of benzene rings is 1. The van der Waals surface area contributed by atoms with Gasteiger partial charge in [0.25, 0.3) is 0 Å². The van der Waals surface area contributed by atoms with Crippen LogP contribution in [0.3, 0.4) is 0 Å². The monoisotopic (exact) mass is 306 g/mol. The standard InChI is InChI=1S/C15H18N2O3S/c1-12-14(11-18)6-3-7-15(12)21(19,20)17(2)10-13-5-4-8-16-9-13/h3-9,18H,10-11H2,1-2H3. The van der Waals surface area contributed by atoms with Crippen LogP contribution in [-0.4, -0.2) is 29.9 Å². The lowest BCUT2D eigenvalue weighted by molar-refractivity contribution is 0.280. The second kappa shape index (κ2) is 6.34. The van der Waals surface area contributed by atoms with E-state index < -0.39 is 10.0 Å². The predicted molar refractivity (Wildman–Crippen MR) is 80.0 cm³/mol. The maximum Gasteiger partial charge on any atom is 0.243 e. The molecule has 0 aliphatic heterocycles. The van der Waals surface area contributed by atoms with Crippen molar-refractivity contribution in [3.05, 3.63) is 59.4 Å². The van der Waals surface area contributed by atoms with E-state index in [1.807, 2.05) is 6.07 Å². The highest BCUT2D eigenvalue weighted by atomic mass is 32.2. The van der Waals surface area contributed by atoms with Gasteiger partial charge >= 0.3 is 0 Å². The minimum atomic E-state index is -3.61. The summed E-state index contributed by atoms with van der Waals surface area (Å²) in [5.41, 5.74) is 2.02. The molecule has 2 aromatic rings. The number of hydrogen-bond donors (Lipinski definition) is 1. The van der Waals surface area contributed by atoms with Crippen LogP contribution in [0.1, 0.15) is 16.7 Å². The Balaban J connectivity index is 2.34. The summed E-state index contributed by atoms with van der Waals surface area (Å²) in [7, 11) is -2.07. The number of hydrogen-bond acceptors (Lipinski definition) is 4. The van der Waals surface area contributed by atoms with Crippen molar-refractivity contribution < 1.29 is 13.5 Å². The first-order valence-electron chi connectivity index (χ1n) is 6.51. The zero-order chi connectivity index (χ0) is 15.5. The molecule has 112 valence electrons. The molecular formula is C15H18N2O3S. The highest BCUT2D eigenvalue weighted by molar-refractivity contribution is 7.89. The fourth-order valence-electron chi connectivity index (χ4n) is 2.11. The van der Waals surface area contributed by atoms with Gasteiger partial charge in [-0.2, -0.15) is 4.31 Å². The lowest BCUT2D eigenvalue weighted by atomic mass is 10.1. The van der Waals surface area contributed by atoms with Crippen LogP contribution in [0, 0.1) is 6.92 Å². The third kappa shape index (κ3) is 3.29. The van der Waals surface area contributed by atoms with E-state index in [4.69, 9.17) is 0 Å². The van der Waals surface area contributed by atoms with Crippen molar-refractivity contribution >= 4 is 10.0 Å². The number of nitrogens with zero attached hydrogens (tertiary/aromatic N) is 2. The third-order valence-electron chi connectivity index (χ3n) is 3.38. The molecule has 0 bridgehead atoms. The van der Waals surface area contributed by atoms with Crippen molar-refractivity contribution in [1.29, 1.82) is 0 Å². The summed E-state index contributed by atoms with van der Waals surface area (Å²) in [6.07, 6.45) is 3.29. The molecule has 0 aliphatic carbocycles. The van der Waals surface area contributed by atoms with Crippen molar-refractivity contribution in [3.8, 4) is 0 Å². The SMILES string of the molecule is Cc1c(CO)cccc1S(=O)(=O)N(C)Cc1cccnc1. The Morgan fingerprint density at radius 1 is 1.24 bits per heavy atom. The van der Waals surface area contributed by atoms with Crippen LogP contribution in [0.4, 0.5) is 0 Å². The zero-order valence-electron chi connectivity index (χ0n) is 12.0.